The van der Waals surface area contributed by atoms with Crippen LogP contribution in [0.5, 0.6) is 0 Å². The lowest BCUT2D eigenvalue weighted by Gasteiger charge is -2.47. The maximum atomic E-state index is 12.9. The molecule has 2 saturated heterocycles. The minimum atomic E-state index is -1.85. The van der Waals surface area contributed by atoms with Gasteiger partial charge in [0.25, 0.3) is 0 Å². The van der Waals surface area contributed by atoms with E-state index in [0.717, 1.165) is 5.56 Å². The highest BCUT2D eigenvalue weighted by Crippen LogP contribution is 2.37. The van der Waals surface area contributed by atoms with Crippen molar-refractivity contribution in [2.75, 3.05) is 19.8 Å². The second-order valence-electron chi connectivity index (χ2n) is 10.3. The highest BCUT2D eigenvalue weighted by atomic mass is 28.4. The molecule has 172 valence electrons. The molecule has 2 heterocycles. The predicted octanol–water partition coefficient (Wildman–Crippen LogP) is 4.78. The standard InChI is InChI=1S/C24H37NO5Si/c1-24(2,3)31(4,5)30-12-11-22(26)19-13-20-16-28-17-21(14-19)25(20)23(27)29-15-18-9-7-6-8-10-18/h6-10,19-21H,11-17H2,1-5H3. The lowest BCUT2D eigenvalue weighted by molar-refractivity contribution is -0.131. The number of hydrogen-bond acceptors (Lipinski definition) is 5. The van der Waals surface area contributed by atoms with Gasteiger partial charge in [-0.2, -0.15) is 0 Å². The highest BCUT2D eigenvalue weighted by Gasteiger charge is 2.44. The molecule has 0 aromatic heterocycles. The van der Waals surface area contributed by atoms with E-state index in [4.69, 9.17) is 13.9 Å². The smallest absolute Gasteiger partial charge is 0.410 e. The van der Waals surface area contributed by atoms with Crippen LogP contribution in [0.15, 0.2) is 30.3 Å². The molecule has 2 aliphatic rings. The quantitative estimate of drug-likeness (QED) is 0.563. The normalized spacial score (nSPS) is 24.0. The van der Waals surface area contributed by atoms with E-state index in [0.29, 0.717) is 39.1 Å². The molecule has 0 saturated carbocycles. The van der Waals surface area contributed by atoms with Crippen molar-refractivity contribution < 1.29 is 23.5 Å². The Kier molecular flexibility index (Phi) is 7.60. The van der Waals surface area contributed by atoms with E-state index < -0.39 is 8.32 Å². The topological polar surface area (TPSA) is 65.1 Å². The van der Waals surface area contributed by atoms with Crippen LogP contribution < -0.4 is 0 Å². The molecular weight excluding hydrogens is 410 g/mol. The molecule has 2 aliphatic heterocycles. The van der Waals surface area contributed by atoms with Crippen molar-refractivity contribution in [1.82, 2.24) is 4.90 Å². The molecule has 31 heavy (non-hydrogen) atoms. The van der Waals surface area contributed by atoms with Gasteiger partial charge in [-0.3, -0.25) is 9.69 Å². The van der Waals surface area contributed by atoms with Gasteiger partial charge in [0.2, 0.25) is 0 Å². The largest absolute Gasteiger partial charge is 0.445 e. The molecule has 1 aromatic rings. The molecule has 7 heteroatoms. The number of piperidine rings is 1. The minimum Gasteiger partial charge on any atom is -0.445 e. The van der Waals surface area contributed by atoms with Gasteiger partial charge in [-0.05, 0) is 36.5 Å². The average molecular weight is 448 g/mol. The second-order valence-corrected chi connectivity index (χ2v) is 15.1. The minimum absolute atomic E-state index is 0.0416. The van der Waals surface area contributed by atoms with Crippen molar-refractivity contribution >= 4 is 20.2 Å². The molecule has 2 unspecified atom stereocenters. The summed E-state index contributed by atoms with van der Waals surface area (Å²) in [6, 6.07) is 9.46. The molecule has 3 rings (SSSR count). The first-order chi connectivity index (χ1) is 14.6. The summed E-state index contributed by atoms with van der Waals surface area (Å²) in [5.74, 6) is 0.202. The van der Waals surface area contributed by atoms with Gasteiger partial charge < -0.3 is 13.9 Å². The van der Waals surface area contributed by atoms with Crippen LogP contribution in [-0.4, -0.2) is 57.0 Å². The summed E-state index contributed by atoms with van der Waals surface area (Å²) in [6.45, 7) is 12.7. The van der Waals surface area contributed by atoms with E-state index in [1.807, 2.05) is 35.2 Å². The van der Waals surface area contributed by atoms with E-state index in [9.17, 15) is 9.59 Å². The maximum Gasteiger partial charge on any atom is 0.410 e. The number of nitrogens with zero attached hydrogens (tertiary/aromatic N) is 1. The van der Waals surface area contributed by atoms with Gasteiger partial charge in [-0.15, -0.1) is 0 Å². The third-order valence-electron chi connectivity index (χ3n) is 7.01. The van der Waals surface area contributed by atoms with Crippen LogP contribution in [0.1, 0.15) is 45.6 Å². The first-order valence-corrected chi connectivity index (χ1v) is 14.2. The molecule has 0 spiro atoms. The molecular formula is C24H37NO5Si. The summed E-state index contributed by atoms with van der Waals surface area (Å²) in [7, 11) is -1.85. The first-order valence-electron chi connectivity index (χ1n) is 11.3. The Morgan fingerprint density at radius 1 is 1.10 bits per heavy atom. The number of fused-ring (bicyclic) bond motifs is 2. The summed E-state index contributed by atoms with van der Waals surface area (Å²) >= 11 is 0. The summed E-state index contributed by atoms with van der Waals surface area (Å²) in [5.41, 5.74) is 0.962. The van der Waals surface area contributed by atoms with Gasteiger partial charge in [0.15, 0.2) is 8.32 Å². The molecule has 0 N–H and O–H groups in total. The summed E-state index contributed by atoms with van der Waals surface area (Å²) in [6.07, 6.45) is 1.40. The fourth-order valence-electron chi connectivity index (χ4n) is 4.10. The second kappa shape index (κ2) is 9.84. The number of ether oxygens (including phenoxy) is 2. The number of ketones is 1. The van der Waals surface area contributed by atoms with Crippen LogP contribution in [-0.2, 0) is 25.3 Å². The van der Waals surface area contributed by atoms with Crippen molar-refractivity contribution in [2.24, 2.45) is 5.92 Å². The van der Waals surface area contributed by atoms with Crippen molar-refractivity contribution in [2.45, 2.75) is 76.9 Å². The van der Waals surface area contributed by atoms with Gasteiger partial charge in [-0.1, -0.05) is 51.1 Å². The Morgan fingerprint density at radius 3 is 2.29 bits per heavy atom. The number of amides is 1. The van der Waals surface area contributed by atoms with Crippen LogP contribution >= 0.6 is 0 Å². The number of Topliss-reactive ketones (excluding diaryl/α,β-unsaturated/α-hetero) is 1. The predicted molar refractivity (Wildman–Crippen MR) is 122 cm³/mol. The fraction of sp³-hybridized carbons (Fsp3) is 0.667. The van der Waals surface area contributed by atoms with Crippen molar-refractivity contribution in [3.63, 3.8) is 0 Å². The summed E-state index contributed by atoms with van der Waals surface area (Å²) < 4.78 is 17.4. The van der Waals surface area contributed by atoms with E-state index in [1.165, 1.54) is 0 Å². The number of benzene rings is 1. The molecule has 0 aliphatic carbocycles. The van der Waals surface area contributed by atoms with Crippen molar-refractivity contribution in [1.29, 1.82) is 0 Å². The highest BCUT2D eigenvalue weighted by molar-refractivity contribution is 6.74. The van der Waals surface area contributed by atoms with Gasteiger partial charge in [0, 0.05) is 18.9 Å². The van der Waals surface area contributed by atoms with E-state index in [1.54, 1.807) is 0 Å². The van der Waals surface area contributed by atoms with E-state index >= 15 is 0 Å². The van der Waals surface area contributed by atoms with Gasteiger partial charge in [0.1, 0.15) is 12.4 Å². The molecule has 1 aromatic carbocycles. The molecule has 2 fully saturated rings. The summed E-state index contributed by atoms with van der Waals surface area (Å²) in [4.78, 5) is 27.5. The molecule has 6 nitrogen and oxygen atoms in total. The zero-order valence-corrected chi connectivity index (χ0v) is 20.6. The zero-order valence-electron chi connectivity index (χ0n) is 19.6. The Hall–Kier alpha value is -1.70. The average Bonchev–Trinajstić information content (AvgIpc) is 2.70. The Morgan fingerprint density at radius 2 is 1.71 bits per heavy atom. The molecule has 2 atom stereocenters. The van der Waals surface area contributed by atoms with Crippen LogP contribution in [0.2, 0.25) is 18.1 Å². The van der Waals surface area contributed by atoms with Crippen LogP contribution in [0.4, 0.5) is 4.79 Å². The van der Waals surface area contributed by atoms with Gasteiger partial charge in [0.05, 0.1) is 25.3 Å². The van der Waals surface area contributed by atoms with Crippen LogP contribution in [0.3, 0.4) is 0 Å². The van der Waals surface area contributed by atoms with Gasteiger partial charge >= 0.3 is 6.09 Å². The van der Waals surface area contributed by atoms with Gasteiger partial charge in [-0.25, -0.2) is 4.79 Å². The maximum absolute atomic E-state index is 12.9. The van der Waals surface area contributed by atoms with E-state index in [-0.39, 0.29) is 41.5 Å². The lowest BCUT2D eigenvalue weighted by Crippen LogP contribution is -2.60. The Bertz CT molecular complexity index is 747. The number of hydrogen-bond donors (Lipinski definition) is 0. The third kappa shape index (κ3) is 5.96. The number of carbonyl (C=O) groups excluding carboxylic acids is 2. The van der Waals surface area contributed by atoms with E-state index in [2.05, 4.69) is 33.9 Å². The fourth-order valence-corrected chi connectivity index (χ4v) is 5.14. The number of rotatable bonds is 7. The van der Waals surface area contributed by atoms with Crippen molar-refractivity contribution in [3.8, 4) is 0 Å². The van der Waals surface area contributed by atoms with Crippen LogP contribution in [0.25, 0.3) is 0 Å². The lowest BCUT2D eigenvalue weighted by atomic mass is 9.82. The monoisotopic (exact) mass is 447 g/mol. The number of carbonyl (C=O) groups is 2. The third-order valence-corrected chi connectivity index (χ3v) is 11.5. The molecule has 0 radical (unpaired) electrons. The SMILES string of the molecule is CC(C)(C)[Si](C)(C)OCCC(=O)C1CC2COCC(C1)N2C(=O)OCc1ccccc1. The first kappa shape index (κ1) is 23.9. The van der Waals surface area contributed by atoms with Crippen LogP contribution in [0, 0.1) is 5.92 Å². The number of morpholine rings is 1. The summed E-state index contributed by atoms with van der Waals surface area (Å²) in [5, 5.41) is 0.135. The molecule has 2 bridgehead atoms. The Balaban J connectivity index is 1.52. The zero-order chi connectivity index (χ0) is 22.6. The molecule has 1 amide bonds. The Labute approximate surface area is 187 Å². The van der Waals surface area contributed by atoms with Crippen molar-refractivity contribution in [3.05, 3.63) is 35.9 Å².